The number of imide groups is 1. The Bertz CT molecular complexity index is 1230. The molecule has 0 radical (unpaired) electrons. The zero-order valence-electron chi connectivity index (χ0n) is 15.8. The fourth-order valence-electron chi connectivity index (χ4n) is 3.98. The minimum absolute atomic E-state index is 0.204. The van der Waals surface area contributed by atoms with Crippen LogP contribution in [0.4, 0.5) is 5.69 Å². The normalized spacial score (nSPS) is 18.5. The highest BCUT2D eigenvalue weighted by molar-refractivity contribution is 6.11. The van der Waals surface area contributed by atoms with Gasteiger partial charge in [-0.05, 0) is 36.2 Å². The summed E-state index contributed by atoms with van der Waals surface area (Å²) in [4.78, 5) is 50.4. The lowest BCUT2D eigenvalue weighted by molar-refractivity contribution is -0.136. The van der Waals surface area contributed by atoms with E-state index in [9.17, 15) is 19.2 Å². The number of anilines is 1. The molecule has 30 heavy (non-hydrogen) atoms. The van der Waals surface area contributed by atoms with Gasteiger partial charge in [0.25, 0.3) is 11.8 Å². The summed E-state index contributed by atoms with van der Waals surface area (Å²) >= 11 is 0. The van der Waals surface area contributed by atoms with E-state index in [1.807, 2.05) is 24.3 Å². The average Bonchev–Trinajstić information content (AvgIpc) is 3.29. The van der Waals surface area contributed by atoms with Crippen LogP contribution in [0.1, 0.15) is 39.3 Å². The van der Waals surface area contributed by atoms with E-state index < -0.39 is 11.9 Å². The average molecular weight is 403 g/mol. The monoisotopic (exact) mass is 403 g/mol. The molecule has 2 aromatic carbocycles. The summed E-state index contributed by atoms with van der Waals surface area (Å²) in [7, 11) is 0. The van der Waals surface area contributed by atoms with E-state index in [-0.39, 0.29) is 36.4 Å². The van der Waals surface area contributed by atoms with Crippen molar-refractivity contribution in [2.75, 3.05) is 5.32 Å². The van der Waals surface area contributed by atoms with E-state index in [1.165, 1.54) is 4.90 Å². The molecular formula is C21H17N5O4. The van der Waals surface area contributed by atoms with Crippen LogP contribution in [0.15, 0.2) is 42.5 Å². The van der Waals surface area contributed by atoms with Crippen molar-refractivity contribution >= 4 is 40.2 Å². The number of amides is 4. The standard InChI is InChI=1S/C21H17N5O4/c27-17-8-7-16(19(28)23-17)26-10-11-9-12(5-6-13(11)21(26)30)22-20(29)18-14-3-1-2-4-15(14)24-25-18/h1-6,9,16H,7-8,10H2,(H,22,29)(H,24,25)(H,23,27,28). The summed E-state index contributed by atoms with van der Waals surface area (Å²) in [6.07, 6.45) is 0.510. The van der Waals surface area contributed by atoms with Crippen molar-refractivity contribution in [2.24, 2.45) is 0 Å². The molecule has 2 aliphatic heterocycles. The highest BCUT2D eigenvalue weighted by Crippen LogP contribution is 2.29. The number of H-pyrrole nitrogens is 1. The number of benzene rings is 2. The molecule has 9 nitrogen and oxygen atoms in total. The molecule has 5 rings (SSSR count). The first kappa shape index (κ1) is 18.0. The molecule has 9 heteroatoms. The van der Waals surface area contributed by atoms with E-state index in [2.05, 4.69) is 20.8 Å². The highest BCUT2D eigenvalue weighted by Gasteiger charge is 2.39. The predicted octanol–water partition coefficient (Wildman–Crippen LogP) is 1.58. The van der Waals surface area contributed by atoms with Gasteiger partial charge >= 0.3 is 0 Å². The molecule has 0 saturated carbocycles. The third-order valence-corrected chi connectivity index (χ3v) is 5.47. The van der Waals surface area contributed by atoms with Gasteiger partial charge in [-0.1, -0.05) is 18.2 Å². The van der Waals surface area contributed by atoms with Crippen LogP contribution in [-0.4, -0.2) is 44.8 Å². The second-order valence-electron chi connectivity index (χ2n) is 7.34. The zero-order chi connectivity index (χ0) is 20.8. The summed E-state index contributed by atoms with van der Waals surface area (Å²) in [6, 6.07) is 11.7. The number of hydrogen-bond donors (Lipinski definition) is 3. The molecule has 1 unspecified atom stereocenters. The largest absolute Gasteiger partial charge is 0.322 e. The molecule has 1 atom stereocenters. The fraction of sp³-hybridized carbons (Fsp3) is 0.190. The van der Waals surface area contributed by atoms with Crippen LogP contribution in [0.5, 0.6) is 0 Å². The number of carbonyl (C=O) groups excluding carboxylic acids is 4. The van der Waals surface area contributed by atoms with Gasteiger partial charge in [0.2, 0.25) is 11.8 Å². The van der Waals surface area contributed by atoms with Crippen LogP contribution >= 0.6 is 0 Å². The Morgan fingerprint density at radius 2 is 1.97 bits per heavy atom. The lowest BCUT2D eigenvalue weighted by atomic mass is 10.0. The Morgan fingerprint density at radius 3 is 2.80 bits per heavy atom. The maximum Gasteiger partial charge on any atom is 0.276 e. The Kier molecular flexibility index (Phi) is 4.09. The van der Waals surface area contributed by atoms with Crippen LogP contribution < -0.4 is 10.6 Å². The van der Waals surface area contributed by atoms with Gasteiger partial charge in [0.05, 0.1) is 5.52 Å². The Balaban J connectivity index is 1.36. The molecule has 0 spiro atoms. The van der Waals surface area contributed by atoms with Crippen molar-refractivity contribution in [3.63, 3.8) is 0 Å². The number of hydrogen-bond acceptors (Lipinski definition) is 5. The summed E-state index contributed by atoms with van der Waals surface area (Å²) in [5.74, 6) is -1.39. The molecule has 150 valence electrons. The molecule has 0 aliphatic carbocycles. The number of carbonyl (C=O) groups is 4. The second-order valence-corrected chi connectivity index (χ2v) is 7.34. The van der Waals surface area contributed by atoms with Gasteiger partial charge in [0.1, 0.15) is 6.04 Å². The zero-order valence-corrected chi connectivity index (χ0v) is 15.8. The molecule has 3 N–H and O–H groups in total. The van der Waals surface area contributed by atoms with Gasteiger partial charge in [0, 0.05) is 29.6 Å². The van der Waals surface area contributed by atoms with Crippen LogP contribution in [0.3, 0.4) is 0 Å². The van der Waals surface area contributed by atoms with Crippen molar-refractivity contribution in [1.82, 2.24) is 20.4 Å². The minimum Gasteiger partial charge on any atom is -0.322 e. The fourth-order valence-corrected chi connectivity index (χ4v) is 3.98. The first-order valence-corrected chi connectivity index (χ1v) is 9.53. The van der Waals surface area contributed by atoms with E-state index in [0.29, 0.717) is 17.7 Å². The van der Waals surface area contributed by atoms with Gasteiger partial charge < -0.3 is 10.2 Å². The van der Waals surface area contributed by atoms with Crippen LogP contribution in [0, 0.1) is 0 Å². The number of nitrogens with one attached hydrogen (secondary N) is 3. The lowest BCUT2D eigenvalue weighted by Gasteiger charge is -2.29. The van der Waals surface area contributed by atoms with Gasteiger partial charge in [0.15, 0.2) is 5.69 Å². The number of aromatic amines is 1. The van der Waals surface area contributed by atoms with Crippen molar-refractivity contribution in [1.29, 1.82) is 0 Å². The number of aromatic nitrogens is 2. The van der Waals surface area contributed by atoms with Gasteiger partial charge in [-0.15, -0.1) is 0 Å². The van der Waals surface area contributed by atoms with Crippen molar-refractivity contribution in [3.05, 3.63) is 59.3 Å². The van der Waals surface area contributed by atoms with Crippen molar-refractivity contribution in [3.8, 4) is 0 Å². The number of para-hydroxylation sites is 1. The predicted molar refractivity (Wildman–Crippen MR) is 107 cm³/mol. The Labute approximate surface area is 170 Å². The van der Waals surface area contributed by atoms with E-state index >= 15 is 0 Å². The molecular weight excluding hydrogens is 386 g/mol. The Hall–Kier alpha value is -4.01. The third-order valence-electron chi connectivity index (χ3n) is 5.47. The van der Waals surface area contributed by atoms with Gasteiger partial charge in [-0.2, -0.15) is 5.10 Å². The van der Waals surface area contributed by atoms with Crippen molar-refractivity contribution < 1.29 is 19.2 Å². The molecule has 3 aromatic rings. The van der Waals surface area contributed by atoms with E-state index in [4.69, 9.17) is 0 Å². The number of fused-ring (bicyclic) bond motifs is 2. The van der Waals surface area contributed by atoms with Crippen LogP contribution in [0.25, 0.3) is 10.9 Å². The smallest absolute Gasteiger partial charge is 0.276 e. The van der Waals surface area contributed by atoms with E-state index in [0.717, 1.165) is 16.5 Å². The molecule has 4 amide bonds. The molecule has 0 bridgehead atoms. The van der Waals surface area contributed by atoms with Crippen molar-refractivity contribution in [2.45, 2.75) is 25.4 Å². The number of piperidine rings is 1. The van der Waals surface area contributed by atoms with E-state index in [1.54, 1.807) is 18.2 Å². The molecule has 1 saturated heterocycles. The molecule has 3 heterocycles. The van der Waals surface area contributed by atoms with Crippen LogP contribution in [0.2, 0.25) is 0 Å². The molecule has 1 aromatic heterocycles. The second kappa shape index (κ2) is 6.80. The summed E-state index contributed by atoms with van der Waals surface area (Å²) in [5.41, 5.74) is 2.79. The first-order chi connectivity index (χ1) is 14.5. The lowest BCUT2D eigenvalue weighted by Crippen LogP contribution is -2.52. The van der Waals surface area contributed by atoms with Crippen LogP contribution in [-0.2, 0) is 16.1 Å². The third kappa shape index (κ3) is 2.91. The summed E-state index contributed by atoms with van der Waals surface area (Å²) < 4.78 is 0. The topological polar surface area (TPSA) is 124 Å². The number of nitrogens with zero attached hydrogens (tertiary/aromatic N) is 2. The molecule has 2 aliphatic rings. The van der Waals surface area contributed by atoms with Gasteiger partial charge in [-0.3, -0.25) is 29.6 Å². The summed E-state index contributed by atoms with van der Waals surface area (Å²) in [5, 5.41) is 12.7. The molecule has 1 fully saturated rings. The highest BCUT2D eigenvalue weighted by atomic mass is 16.2. The quantitative estimate of drug-likeness (QED) is 0.573. The minimum atomic E-state index is -0.670. The van der Waals surface area contributed by atoms with Gasteiger partial charge in [-0.25, -0.2) is 0 Å². The number of rotatable bonds is 3. The first-order valence-electron chi connectivity index (χ1n) is 9.53. The maximum atomic E-state index is 12.7. The Morgan fingerprint density at radius 1 is 1.13 bits per heavy atom. The SMILES string of the molecule is O=C1CCC(N2Cc3cc(NC(=O)c4n[nH]c5ccccc45)ccc3C2=O)C(=O)N1. The maximum absolute atomic E-state index is 12.7. The summed E-state index contributed by atoms with van der Waals surface area (Å²) in [6.45, 7) is 0.246.